The number of carboxylic acids is 1. The van der Waals surface area contributed by atoms with Crippen LogP contribution in [0.1, 0.15) is 51.0 Å². The van der Waals surface area contributed by atoms with Crippen molar-refractivity contribution in [3.8, 4) is 0 Å². The van der Waals surface area contributed by atoms with Crippen molar-refractivity contribution in [3.05, 3.63) is 85.0 Å². The Bertz CT molecular complexity index is 1220. The van der Waals surface area contributed by atoms with Gasteiger partial charge in [0, 0.05) is 34.4 Å². The smallest absolute Gasteiger partial charge is 0.335 e. The molecule has 0 radical (unpaired) electrons. The predicted octanol–water partition coefficient (Wildman–Crippen LogP) is 3.42. The monoisotopic (exact) mass is 407 g/mol. The van der Waals surface area contributed by atoms with Crippen LogP contribution in [-0.4, -0.2) is 27.1 Å². The summed E-state index contributed by atoms with van der Waals surface area (Å²) in [5, 5.41) is 20.3. The maximum Gasteiger partial charge on any atom is 0.335 e. The average Bonchev–Trinajstić information content (AvgIpc) is 3.37. The third-order valence-corrected chi connectivity index (χ3v) is 6.66. The van der Waals surface area contributed by atoms with E-state index >= 15 is 0 Å². The number of H-pyrrole nitrogens is 2. The number of aromatic carboxylic acids is 1. The number of hydrogen-bond donors (Lipinski definition) is 4. The topological polar surface area (TPSA) is 115 Å². The van der Waals surface area contributed by atoms with Crippen molar-refractivity contribution in [2.75, 3.05) is 5.32 Å². The number of carbonyl (C=O) groups excluding carboxylic acids is 1. The molecule has 8 heteroatoms. The fraction of sp³-hybridized carbons (Fsp3) is 0.190. The predicted molar refractivity (Wildman–Crippen MR) is 109 cm³/mol. The van der Waals surface area contributed by atoms with E-state index in [1.165, 1.54) is 6.07 Å². The van der Waals surface area contributed by atoms with Gasteiger partial charge in [-0.05, 0) is 29.5 Å². The van der Waals surface area contributed by atoms with Crippen LogP contribution < -0.4 is 10.9 Å². The van der Waals surface area contributed by atoms with Crippen molar-refractivity contribution < 1.29 is 14.7 Å². The molecule has 3 heterocycles. The van der Waals surface area contributed by atoms with Crippen LogP contribution in [0.5, 0.6) is 0 Å². The lowest BCUT2D eigenvalue weighted by molar-refractivity contribution is -0.116. The first kappa shape index (κ1) is 17.7. The highest BCUT2D eigenvalue weighted by molar-refractivity contribution is 7.10. The number of carboxylic acid groups (broad SMARTS) is 1. The number of thiophene rings is 1. The van der Waals surface area contributed by atoms with Gasteiger partial charge in [-0.15, -0.1) is 11.3 Å². The molecule has 5 rings (SSSR count). The molecule has 2 unspecified atom stereocenters. The second-order valence-electron chi connectivity index (χ2n) is 7.25. The van der Waals surface area contributed by atoms with E-state index in [1.807, 2.05) is 17.5 Å². The van der Waals surface area contributed by atoms with E-state index in [1.54, 1.807) is 29.5 Å². The minimum absolute atomic E-state index is 0.0615. The van der Waals surface area contributed by atoms with Crippen LogP contribution in [-0.2, 0) is 4.79 Å². The number of hydrogen-bond acceptors (Lipinski definition) is 5. The molecule has 2 atom stereocenters. The summed E-state index contributed by atoms with van der Waals surface area (Å²) in [7, 11) is 0. The van der Waals surface area contributed by atoms with Crippen LogP contribution in [0.25, 0.3) is 0 Å². The molecule has 0 bridgehead atoms. The molecule has 7 nitrogen and oxygen atoms in total. The number of aromatic nitrogens is 2. The molecule has 3 aromatic rings. The molecule has 0 spiro atoms. The number of carbonyl (C=O) groups is 2. The number of Topliss-reactive ketones (excluding diaryl/α,β-unsaturated/α-hetero) is 1. The normalized spacial score (nSPS) is 20.8. The third kappa shape index (κ3) is 2.75. The molecule has 29 heavy (non-hydrogen) atoms. The molecule has 1 aliphatic heterocycles. The zero-order chi connectivity index (χ0) is 20.1. The zero-order valence-corrected chi connectivity index (χ0v) is 16.0. The molecule has 0 saturated carbocycles. The average molecular weight is 407 g/mol. The summed E-state index contributed by atoms with van der Waals surface area (Å²) in [5.74, 6) is -1.32. The van der Waals surface area contributed by atoms with Gasteiger partial charge in [-0.3, -0.25) is 19.8 Å². The van der Waals surface area contributed by atoms with Gasteiger partial charge in [0.15, 0.2) is 5.78 Å². The van der Waals surface area contributed by atoms with Crippen molar-refractivity contribution in [2.45, 2.75) is 24.7 Å². The number of fused-ring (bicyclic) bond motifs is 1. The second-order valence-corrected chi connectivity index (χ2v) is 8.23. The highest BCUT2D eigenvalue weighted by atomic mass is 32.1. The molecular formula is C21H17N3O4S. The second kappa shape index (κ2) is 6.59. The SMILES string of the molecule is O=C1CC(c2cccs2)CC2=C1C(c1ccccc1C(=O)O)c1c([nH][nH]c1=O)N2. The molecule has 0 amide bonds. The van der Waals surface area contributed by atoms with E-state index < -0.39 is 11.9 Å². The molecule has 1 aliphatic carbocycles. The van der Waals surface area contributed by atoms with Crippen molar-refractivity contribution in [2.24, 2.45) is 0 Å². The van der Waals surface area contributed by atoms with Gasteiger partial charge in [0.1, 0.15) is 5.82 Å². The lowest BCUT2D eigenvalue weighted by atomic mass is 9.73. The fourth-order valence-corrected chi connectivity index (χ4v) is 5.23. The maximum atomic E-state index is 13.3. The van der Waals surface area contributed by atoms with Gasteiger partial charge in [0.25, 0.3) is 5.56 Å². The summed E-state index contributed by atoms with van der Waals surface area (Å²) < 4.78 is 0. The standard InChI is InChI=1S/C21H17N3O4S/c25-14-9-10(15-6-3-7-29-15)8-13-17(14)16(18-19(22-13)23-24-20(18)26)11-4-1-2-5-12(11)21(27)28/h1-7,10,16H,8-9H2,(H,27,28)(H3,22,23,24,26). The number of benzene rings is 1. The van der Waals surface area contributed by atoms with Crippen LogP contribution in [0, 0.1) is 0 Å². The molecule has 0 fully saturated rings. The van der Waals surface area contributed by atoms with Gasteiger partial charge in [-0.1, -0.05) is 24.3 Å². The zero-order valence-electron chi connectivity index (χ0n) is 15.2. The van der Waals surface area contributed by atoms with Gasteiger partial charge in [0.05, 0.1) is 11.1 Å². The number of nitrogens with one attached hydrogen (secondary N) is 3. The van der Waals surface area contributed by atoms with Crippen molar-refractivity contribution >= 4 is 28.9 Å². The minimum atomic E-state index is -1.09. The summed E-state index contributed by atoms with van der Waals surface area (Å²) >= 11 is 1.62. The number of aromatic amines is 2. The fourth-order valence-electron chi connectivity index (χ4n) is 4.40. The van der Waals surface area contributed by atoms with E-state index in [2.05, 4.69) is 15.5 Å². The van der Waals surface area contributed by atoms with Crippen LogP contribution in [0.4, 0.5) is 5.82 Å². The summed E-state index contributed by atoms with van der Waals surface area (Å²) in [6.07, 6.45) is 0.963. The molecule has 0 saturated heterocycles. The van der Waals surface area contributed by atoms with Gasteiger partial charge < -0.3 is 10.4 Å². The van der Waals surface area contributed by atoms with Crippen molar-refractivity contribution in [3.63, 3.8) is 0 Å². The number of ketones is 1. The van der Waals surface area contributed by atoms with E-state index in [4.69, 9.17) is 0 Å². The maximum absolute atomic E-state index is 13.3. The van der Waals surface area contributed by atoms with E-state index in [-0.39, 0.29) is 22.8 Å². The Morgan fingerprint density at radius 1 is 1.07 bits per heavy atom. The number of allylic oxidation sites excluding steroid dienone is 2. The lowest BCUT2D eigenvalue weighted by Gasteiger charge is -2.34. The molecule has 2 aliphatic rings. The highest BCUT2D eigenvalue weighted by Crippen LogP contribution is 2.47. The summed E-state index contributed by atoms with van der Waals surface area (Å²) in [6, 6.07) is 10.5. The highest BCUT2D eigenvalue weighted by Gasteiger charge is 2.41. The Hall–Kier alpha value is -3.39. The molecule has 1 aromatic carbocycles. The van der Waals surface area contributed by atoms with E-state index in [0.29, 0.717) is 35.4 Å². The Balaban J connectivity index is 1.70. The van der Waals surface area contributed by atoms with Crippen LogP contribution in [0.15, 0.2) is 57.8 Å². The number of rotatable bonds is 3. The Morgan fingerprint density at radius 2 is 1.90 bits per heavy atom. The molecule has 2 aromatic heterocycles. The quantitative estimate of drug-likeness (QED) is 0.531. The molecule has 146 valence electrons. The van der Waals surface area contributed by atoms with Gasteiger partial charge in [-0.25, -0.2) is 4.79 Å². The summed E-state index contributed by atoms with van der Waals surface area (Å²) in [5.41, 5.74) is 1.75. The van der Waals surface area contributed by atoms with E-state index in [0.717, 1.165) is 10.6 Å². The first-order valence-corrected chi connectivity index (χ1v) is 10.1. The molecule has 4 N–H and O–H groups in total. The van der Waals surface area contributed by atoms with E-state index in [9.17, 15) is 19.5 Å². The largest absolute Gasteiger partial charge is 0.478 e. The summed E-state index contributed by atoms with van der Waals surface area (Å²) in [6.45, 7) is 0. The Morgan fingerprint density at radius 3 is 2.66 bits per heavy atom. The number of anilines is 1. The minimum Gasteiger partial charge on any atom is -0.478 e. The first-order chi connectivity index (χ1) is 14.0. The van der Waals surface area contributed by atoms with Crippen LogP contribution >= 0.6 is 11.3 Å². The van der Waals surface area contributed by atoms with Gasteiger partial charge in [0.2, 0.25) is 0 Å². The molecular weight excluding hydrogens is 390 g/mol. The van der Waals surface area contributed by atoms with Gasteiger partial charge >= 0.3 is 5.97 Å². The Kier molecular flexibility index (Phi) is 4.02. The van der Waals surface area contributed by atoms with Crippen LogP contribution in [0.3, 0.4) is 0 Å². The lowest BCUT2D eigenvalue weighted by Crippen LogP contribution is -2.32. The Labute approximate surface area is 169 Å². The van der Waals surface area contributed by atoms with Crippen LogP contribution in [0.2, 0.25) is 0 Å². The van der Waals surface area contributed by atoms with Crippen molar-refractivity contribution in [1.82, 2.24) is 10.2 Å². The van der Waals surface area contributed by atoms with Crippen molar-refractivity contribution in [1.29, 1.82) is 0 Å². The summed E-state index contributed by atoms with van der Waals surface area (Å²) in [4.78, 5) is 38.8. The first-order valence-electron chi connectivity index (χ1n) is 9.24. The van der Waals surface area contributed by atoms with Gasteiger partial charge in [-0.2, -0.15) is 0 Å². The third-order valence-electron chi connectivity index (χ3n) is 5.62.